The van der Waals surface area contributed by atoms with Gasteiger partial charge in [-0.2, -0.15) is 4.98 Å². The smallest absolute Gasteiger partial charge is 0.258 e. The van der Waals surface area contributed by atoms with E-state index in [4.69, 9.17) is 21.5 Å². The summed E-state index contributed by atoms with van der Waals surface area (Å²) in [5.74, 6) is 0.338. The number of hydrogen-bond acceptors (Lipinski definition) is 5. The van der Waals surface area contributed by atoms with Gasteiger partial charge in [0.25, 0.3) is 5.89 Å². The lowest BCUT2D eigenvalue weighted by molar-refractivity contribution is 0.386. The van der Waals surface area contributed by atoms with Crippen LogP contribution in [0.4, 0.5) is 4.39 Å². The van der Waals surface area contributed by atoms with E-state index in [1.165, 1.54) is 19.2 Å². The number of rotatable bonds is 5. The normalized spacial score (nSPS) is 16.6. The quantitative estimate of drug-likeness (QED) is 0.602. The molecule has 0 spiro atoms. The van der Waals surface area contributed by atoms with Crippen molar-refractivity contribution in [3.8, 4) is 17.1 Å². The van der Waals surface area contributed by atoms with Gasteiger partial charge in [-0.3, -0.25) is 0 Å². The van der Waals surface area contributed by atoms with E-state index >= 15 is 0 Å². The van der Waals surface area contributed by atoms with E-state index in [2.05, 4.69) is 15.5 Å². The summed E-state index contributed by atoms with van der Waals surface area (Å²) in [4.78, 5) is 6.55. The summed E-state index contributed by atoms with van der Waals surface area (Å²) in [5, 5.41) is 8.11. The largest absolute Gasteiger partial charge is 0.494 e. The highest BCUT2D eigenvalue weighted by Crippen LogP contribution is 2.37. The molecule has 0 fully saturated rings. The fourth-order valence-electron chi connectivity index (χ4n) is 3.59. The topological polar surface area (TPSA) is 63.4 Å². The van der Waals surface area contributed by atoms with Crippen molar-refractivity contribution in [3.63, 3.8) is 0 Å². The average Bonchev–Trinajstić information content (AvgIpc) is 3.24. The summed E-state index contributed by atoms with van der Waals surface area (Å²) in [5.41, 5.74) is 3.31. The molecule has 1 atom stereocenters. The first-order chi connectivity index (χ1) is 14.5. The zero-order valence-corrected chi connectivity index (χ0v) is 17.7. The molecule has 1 aromatic heterocycles. The molecule has 1 unspecified atom stereocenters. The van der Waals surface area contributed by atoms with Crippen LogP contribution in [0, 0.1) is 5.82 Å². The van der Waals surface area contributed by atoms with Crippen molar-refractivity contribution in [1.29, 1.82) is 0 Å². The Balaban J connectivity index is 1.79. The lowest BCUT2D eigenvalue weighted by Crippen LogP contribution is -2.45. The SMILES string of the molecule is CCN1C(=S)NC(c2ccccc2)C(c2nc(-c3ccc(OC)c(F)c3)no2)=C1C. The number of allylic oxidation sites excluding steroid dienone is 1. The lowest BCUT2D eigenvalue weighted by atomic mass is 9.95. The Morgan fingerprint density at radius 2 is 2.00 bits per heavy atom. The zero-order chi connectivity index (χ0) is 21.3. The molecule has 0 saturated heterocycles. The summed E-state index contributed by atoms with van der Waals surface area (Å²) < 4.78 is 24.7. The van der Waals surface area contributed by atoms with Crippen LogP contribution in [0.15, 0.2) is 58.8 Å². The predicted molar refractivity (Wildman–Crippen MR) is 116 cm³/mol. The Bertz CT molecular complexity index is 1110. The minimum absolute atomic E-state index is 0.161. The molecule has 1 N–H and O–H groups in total. The second-order valence-electron chi connectivity index (χ2n) is 6.81. The Labute approximate surface area is 179 Å². The third-order valence-electron chi connectivity index (χ3n) is 5.11. The third-order valence-corrected chi connectivity index (χ3v) is 5.45. The highest BCUT2D eigenvalue weighted by molar-refractivity contribution is 7.80. The highest BCUT2D eigenvalue weighted by atomic mass is 32.1. The van der Waals surface area contributed by atoms with Gasteiger partial charge in [0.15, 0.2) is 16.7 Å². The van der Waals surface area contributed by atoms with Crippen LogP contribution in [0.3, 0.4) is 0 Å². The zero-order valence-electron chi connectivity index (χ0n) is 16.8. The van der Waals surface area contributed by atoms with Crippen LogP contribution in [0.1, 0.15) is 31.3 Å². The van der Waals surface area contributed by atoms with Crippen molar-refractivity contribution in [2.45, 2.75) is 19.9 Å². The molecule has 4 rings (SSSR count). The van der Waals surface area contributed by atoms with Crippen molar-refractivity contribution in [1.82, 2.24) is 20.4 Å². The molecule has 2 heterocycles. The number of hydrogen-bond donors (Lipinski definition) is 1. The number of benzene rings is 2. The average molecular weight is 425 g/mol. The molecular formula is C22H21FN4O2S. The summed E-state index contributed by atoms with van der Waals surface area (Å²) in [6.45, 7) is 4.71. The number of nitrogens with one attached hydrogen (secondary N) is 1. The first-order valence-corrected chi connectivity index (χ1v) is 9.96. The van der Waals surface area contributed by atoms with E-state index in [0.29, 0.717) is 28.9 Å². The van der Waals surface area contributed by atoms with Gasteiger partial charge in [-0.05, 0) is 49.8 Å². The second-order valence-corrected chi connectivity index (χ2v) is 7.20. The Hall–Kier alpha value is -3.26. The van der Waals surface area contributed by atoms with Gasteiger partial charge in [-0.25, -0.2) is 4.39 Å². The van der Waals surface area contributed by atoms with Crippen LogP contribution >= 0.6 is 12.2 Å². The molecule has 6 nitrogen and oxygen atoms in total. The molecule has 0 radical (unpaired) electrons. The maximum atomic E-state index is 14.1. The van der Waals surface area contributed by atoms with Gasteiger partial charge in [0, 0.05) is 17.8 Å². The van der Waals surface area contributed by atoms with E-state index in [1.54, 1.807) is 6.07 Å². The van der Waals surface area contributed by atoms with Gasteiger partial charge in [0.05, 0.1) is 18.7 Å². The minimum Gasteiger partial charge on any atom is -0.494 e. The Morgan fingerprint density at radius 3 is 2.67 bits per heavy atom. The van der Waals surface area contributed by atoms with Crippen LogP contribution in [0.5, 0.6) is 5.75 Å². The summed E-state index contributed by atoms with van der Waals surface area (Å²) in [6.07, 6.45) is 0. The molecule has 0 bridgehead atoms. The van der Waals surface area contributed by atoms with E-state index in [9.17, 15) is 4.39 Å². The number of methoxy groups -OCH3 is 1. The molecule has 2 aromatic carbocycles. The maximum Gasteiger partial charge on any atom is 0.258 e. The number of thiocarbonyl (C=S) groups is 1. The van der Waals surface area contributed by atoms with Crippen molar-refractivity contribution in [2.24, 2.45) is 0 Å². The standard InChI is InChI=1S/C22H21FN4O2S/c1-4-27-13(2)18(19(24-22(27)30)14-8-6-5-7-9-14)21-25-20(26-29-21)15-10-11-17(28-3)16(23)12-15/h5-12,19H,4H2,1-3H3,(H,24,30). The van der Waals surface area contributed by atoms with Gasteiger partial charge in [-0.1, -0.05) is 35.5 Å². The number of aromatic nitrogens is 2. The monoisotopic (exact) mass is 424 g/mol. The number of ether oxygens (including phenoxy) is 1. The lowest BCUT2D eigenvalue weighted by Gasteiger charge is -2.36. The fraction of sp³-hybridized carbons (Fsp3) is 0.227. The first kappa shape index (κ1) is 20.0. The van der Waals surface area contributed by atoms with Crippen LogP contribution in [0.25, 0.3) is 17.0 Å². The summed E-state index contributed by atoms with van der Waals surface area (Å²) in [6, 6.07) is 14.3. The Morgan fingerprint density at radius 1 is 1.23 bits per heavy atom. The molecule has 30 heavy (non-hydrogen) atoms. The van der Waals surface area contributed by atoms with Crippen molar-refractivity contribution in [3.05, 3.63) is 71.5 Å². The first-order valence-electron chi connectivity index (χ1n) is 9.55. The van der Waals surface area contributed by atoms with Crippen LogP contribution in [-0.2, 0) is 0 Å². The van der Waals surface area contributed by atoms with Gasteiger partial charge in [0.2, 0.25) is 5.82 Å². The molecule has 0 aliphatic carbocycles. The van der Waals surface area contributed by atoms with Crippen LogP contribution in [-0.4, -0.2) is 33.8 Å². The van der Waals surface area contributed by atoms with E-state index < -0.39 is 5.82 Å². The van der Waals surface area contributed by atoms with E-state index in [1.807, 2.05) is 49.1 Å². The number of nitrogens with zero attached hydrogens (tertiary/aromatic N) is 3. The third kappa shape index (κ3) is 3.54. The minimum atomic E-state index is -0.485. The molecule has 0 amide bonds. The van der Waals surface area contributed by atoms with Crippen molar-refractivity contribution < 1.29 is 13.7 Å². The van der Waals surface area contributed by atoms with Gasteiger partial charge in [-0.15, -0.1) is 0 Å². The maximum absolute atomic E-state index is 14.1. The predicted octanol–water partition coefficient (Wildman–Crippen LogP) is 4.57. The van der Waals surface area contributed by atoms with Crippen molar-refractivity contribution in [2.75, 3.05) is 13.7 Å². The number of halogens is 1. The fourth-order valence-corrected chi connectivity index (χ4v) is 3.97. The molecule has 8 heteroatoms. The molecule has 154 valence electrons. The summed E-state index contributed by atoms with van der Waals surface area (Å²) >= 11 is 5.56. The van der Waals surface area contributed by atoms with E-state index in [-0.39, 0.29) is 11.8 Å². The van der Waals surface area contributed by atoms with E-state index in [0.717, 1.165) is 16.8 Å². The molecule has 1 aliphatic rings. The molecule has 1 aliphatic heterocycles. The second kappa shape index (κ2) is 8.23. The van der Waals surface area contributed by atoms with Gasteiger partial charge >= 0.3 is 0 Å². The van der Waals surface area contributed by atoms with Crippen LogP contribution in [0.2, 0.25) is 0 Å². The molecular weight excluding hydrogens is 403 g/mol. The molecule has 0 saturated carbocycles. The van der Waals surface area contributed by atoms with Crippen LogP contribution < -0.4 is 10.1 Å². The highest BCUT2D eigenvalue weighted by Gasteiger charge is 2.33. The molecule has 3 aromatic rings. The van der Waals surface area contributed by atoms with Gasteiger partial charge < -0.3 is 19.5 Å². The van der Waals surface area contributed by atoms with Gasteiger partial charge in [0.1, 0.15) is 0 Å². The van der Waals surface area contributed by atoms with Crippen molar-refractivity contribution >= 4 is 22.9 Å². The Kier molecular flexibility index (Phi) is 5.50. The summed E-state index contributed by atoms with van der Waals surface area (Å²) in [7, 11) is 1.42.